The molecule has 0 amide bonds. The Morgan fingerprint density at radius 1 is 1.24 bits per heavy atom. The molecule has 3 aromatic rings. The summed E-state index contributed by atoms with van der Waals surface area (Å²) in [5.41, 5.74) is 1.71. The molecule has 1 atom stereocenters. The van der Waals surface area contributed by atoms with Crippen LogP contribution in [0.2, 0.25) is 0 Å². The zero-order valence-corrected chi connectivity index (χ0v) is 15.2. The summed E-state index contributed by atoms with van der Waals surface area (Å²) in [4.78, 5) is 16.4. The maximum absolute atomic E-state index is 12.5. The molecule has 1 aromatic carbocycles. The molecule has 1 aliphatic rings. The molecule has 2 aromatic heterocycles. The second kappa shape index (κ2) is 6.44. The fraction of sp³-hybridized carbons (Fsp3) is 0.421. The predicted molar refractivity (Wildman–Crippen MR) is 102 cm³/mol. The molecule has 0 radical (unpaired) electrons. The standard InChI is InChI=1S/C19H22N2O3S/c1-10-7-12(24-2)8-13-14-9-15(17(22)11-3-5-20-6-4-11)25-18(14)19(23)21-16(10)13/h7-9,11,17,20,22H,3-6H2,1-2H3,(H,21,23). The number of benzene rings is 1. The number of pyridine rings is 1. The first-order valence-corrected chi connectivity index (χ1v) is 9.43. The first kappa shape index (κ1) is 16.6. The number of hydrogen-bond acceptors (Lipinski definition) is 5. The third-order valence-corrected chi connectivity index (χ3v) is 6.36. The molecular weight excluding hydrogens is 336 g/mol. The molecule has 3 heterocycles. The number of aryl methyl sites for hydroxylation is 1. The average molecular weight is 358 g/mol. The second-order valence-electron chi connectivity index (χ2n) is 6.74. The van der Waals surface area contributed by atoms with E-state index in [0.717, 1.165) is 58.4 Å². The Balaban J connectivity index is 1.89. The van der Waals surface area contributed by atoms with Crippen molar-refractivity contribution in [1.82, 2.24) is 10.3 Å². The summed E-state index contributed by atoms with van der Waals surface area (Å²) < 4.78 is 6.06. The molecule has 0 saturated carbocycles. The molecule has 3 N–H and O–H groups in total. The molecule has 5 nitrogen and oxygen atoms in total. The lowest BCUT2D eigenvalue weighted by molar-refractivity contribution is 0.0921. The summed E-state index contributed by atoms with van der Waals surface area (Å²) in [7, 11) is 1.64. The van der Waals surface area contributed by atoms with E-state index in [1.807, 2.05) is 25.1 Å². The van der Waals surface area contributed by atoms with Gasteiger partial charge in [0, 0.05) is 15.6 Å². The van der Waals surface area contributed by atoms with Crippen molar-refractivity contribution in [3.63, 3.8) is 0 Å². The van der Waals surface area contributed by atoms with E-state index in [9.17, 15) is 9.90 Å². The highest BCUT2D eigenvalue weighted by molar-refractivity contribution is 7.19. The van der Waals surface area contributed by atoms with Gasteiger partial charge >= 0.3 is 0 Å². The molecule has 1 unspecified atom stereocenters. The van der Waals surface area contributed by atoms with Gasteiger partial charge in [0.1, 0.15) is 10.4 Å². The van der Waals surface area contributed by atoms with Crippen molar-refractivity contribution in [1.29, 1.82) is 0 Å². The summed E-state index contributed by atoms with van der Waals surface area (Å²) in [6, 6.07) is 5.86. The number of aromatic amines is 1. The van der Waals surface area contributed by atoms with E-state index < -0.39 is 6.10 Å². The fourth-order valence-electron chi connectivity index (χ4n) is 3.74. The molecule has 1 fully saturated rings. The van der Waals surface area contributed by atoms with Crippen LogP contribution in [0, 0.1) is 12.8 Å². The molecule has 6 heteroatoms. The van der Waals surface area contributed by atoms with Gasteiger partial charge in [-0.3, -0.25) is 4.79 Å². The zero-order valence-electron chi connectivity index (χ0n) is 14.4. The van der Waals surface area contributed by atoms with Gasteiger partial charge < -0.3 is 20.1 Å². The van der Waals surface area contributed by atoms with Gasteiger partial charge in [-0.05, 0) is 62.5 Å². The maximum atomic E-state index is 12.5. The Labute approximate surface area is 149 Å². The highest BCUT2D eigenvalue weighted by Gasteiger charge is 2.25. The Bertz CT molecular complexity index is 986. The number of aromatic nitrogens is 1. The van der Waals surface area contributed by atoms with Crippen molar-refractivity contribution < 1.29 is 9.84 Å². The molecule has 132 valence electrons. The third-order valence-electron chi connectivity index (χ3n) is 5.15. The first-order valence-electron chi connectivity index (χ1n) is 8.61. The number of ether oxygens (including phenoxy) is 1. The van der Waals surface area contributed by atoms with Gasteiger partial charge in [0.05, 0.1) is 18.7 Å². The average Bonchev–Trinajstić information content (AvgIpc) is 3.09. The van der Waals surface area contributed by atoms with Gasteiger partial charge in [-0.1, -0.05) is 0 Å². The van der Waals surface area contributed by atoms with Crippen LogP contribution in [0.1, 0.15) is 29.4 Å². The van der Waals surface area contributed by atoms with Crippen LogP contribution in [0.4, 0.5) is 0 Å². The minimum absolute atomic E-state index is 0.0930. The highest BCUT2D eigenvalue weighted by atomic mass is 32.1. The van der Waals surface area contributed by atoms with Crippen molar-refractivity contribution in [2.75, 3.05) is 20.2 Å². The van der Waals surface area contributed by atoms with Gasteiger partial charge in [-0.15, -0.1) is 11.3 Å². The Kier molecular flexibility index (Phi) is 4.27. The van der Waals surface area contributed by atoms with Crippen LogP contribution in [0.5, 0.6) is 5.75 Å². The Hall–Kier alpha value is -1.89. The summed E-state index contributed by atoms with van der Waals surface area (Å²) in [5.74, 6) is 1.01. The van der Waals surface area contributed by atoms with Crippen LogP contribution in [-0.2, 0) is 0 Å². The number of thiophene rings is 1. The fourth-order valence-corrected chi connectivity index (χ4v) is 4.89. The first-order chi connectivity index (χ1) is 12.1. The lowest BCUT2D eigenvalue weighted by atomic mass is 9.91. The molecule has 0 bridgehead atoms. The molecule has 1 aliphatic heterocycles. The Morgan fingerprint density at radius 3 is 2.72 bits per heavy atom. The quantitative estimate of drug-likeness (QED) is 0.673. The number of methoxy groups -OCH3 is 1. The van der Waals surface area contributed by atoms with E-state index >= 15 is 0 Å². The van der Waals surface area contributed by atoms with Crippen LogP contribution in [0.3, 0.4) is 0 Å². The van der Waals surface area contributed by atoms with Gasteiger partial charge in [0.15, 0.2) is 0 Å². The van der Waals surface area contributed by atoms with Crippen molar-refractivity contribution >= 4 is 32.3 Å². The van der Waals surface area contributed by atoms with Crippen molar-refractivity contribution in [2.45, 2.75) is 25.9 Å². The van der Waals surface area contributed by atoms with E-state index in [2.05, 4.69) is 10.3 Å². The second-order valence-corrected chi connectivity index (χ2v) is 7.83. The van der Waals surface area contributed by atoms with Gasteiger partial charge in [0.2, 0.25) is 0 Å². The zero-order chi connectivity index (χ0) is 17.6. The number of nitrogens with one attached hydrogen (secondary N) is 2. The minimum Gasteiger partial charge on any atom is -0.497 e. The lowest BCUT2D eigenvalue weighted by Gasteiger charge is -2.26. The largest absolute Gasteiger partial charge is 0.497 e. The summed E-state index contributed by atoms with van der Waals surface area (Å²) >= 11 is 1.40. The van der Waals surface area contributed by atoms with Crippen LogP contribution in [0.15, 0.2) is 23.0 Å². The lowest BCUT2D eigenvalue weighted by Crippen LogP contribution is -2.30. The van der Waals surface area contributed by atoms with Gasteiger partial charge in [0.25, 0.3) is 5.56 Å². The van der Waals surface area contributed by atoms with E-state index in [1.165, 1.54) is 11.3 Å². The predicted octanol–water partition coefficient (Wildman–Crippen LogP) is 3.09. The van der Waals surface area contributed by atoms with E-state index in [-0.39, 0.29) is 11.5 Å². The number of piperidine rings is 1. The number of fused-ring (bicyclic) bond motifs is 3. The highest BCUT2D eigenvalue weighted by Crippen LogP contribution is 2.38. The molecule has 25 heavy (non-hydrogen) atoms. The van der Waals surface area contributed by atoms with Crippen molar-refractivity contribution in [2.24, 2.45) is 5.92 Å². The summed E-state index contributed by atoms with van der Waals surface area (Å²) in [5, 5.41) is 16.0. The summed E-state index contributed by atoms with van der Waals surface area (Å²) in [6.45, 7) is 3.84. The molecule has 0 spiro atoms. The van der Waals surface area contributed by atoms with Crippen LogP contribution in [-0.4, -0.2) is 30.3 Å². The number of aliphatic hydroxyl groups excluding tert-OH is 1. The van der Waals surface area contributed by atoms with Crippen LogP contribution in [0.25, 0.3) is 21.0 Å². The topological polar surface area (TPSA) is 74.4 Å². The van der Waals surface area contributed by atoms with Crippen molar-refractivity contribution in [3.05, 3.63) is 39.0 Å². The number of aliphatic hydroxyl groups is 1. The SMILES string of the molecule is COc1cc(C)c2[nH]c(=O)c3sc(C(O)C4CCNCC4)cc3c2c1. The maximum Gasteiger partial charge on any atom is 0.266 e. The van der Waals surface area contributed by atoms with Crippen LogP contribution >= 0.6 is 11.3 Å². The minimum atomic E-state index is -0.513. The van der Waals surface area contributed by atoms with Crippen molar-refractivity contribution in [3.8, 4) is 5.75 Å². The number of rotatable bonds is 3. The molecule has 1 saturated heterocycles. The molecule has 4 rings (SSSR count). The number of hydrogen-bond donors (Lipinski definition) is 3. The summed E-state index contributed by atoms with van der Waals surface area (Å²) in [6.07, 6.45) is 1.40. The Morgan fingerprint density at radius 2 is 2.00 bits per heavy atom. The third kappa shape index (κ3) is 2.84. The monoisotopic (exact) mass is 358 g/mol. The molecule has 0 aliphatic carbocycles. The van der Waals surface area contributed by atoms with E-state index in [4.69, 9.17) is 4.74 Å². The smallest absolute Gasteiger partial charge is 0.266 e. The molecular formula is C19H22N2O3S. The van der Waals surface area contributed by atoms with Gasteiger partial charge in [-0.2, -0.15) is 0 Å². The van der Waals surface area contributed by atoms with E-state index in [1.54, 1.807) is 7.11 Å². The normalized spacial score (nSPS) is 17.2. The van der Waals surface area contributed by atoms with Crippen LogP contribution < -0.4 is 15.6 Å². The van der Waals surface area contributed by atoms with Gasteiger partial charge in [-0.25, -0.2) is 0 Å². The van der Waals surface area contributed by atoms with E-state index in [0.29, 0.717) is 4.70 Å². The number of H-pyrrole nitrogens is 1.